The summed E-state index contributed by atoms with van der Waals surface area (Å²) in [6, 6.07) is 0. The number of ether oxygens (including phenoxy) is 1. The van der Waals surface area contributed by atoms with Gasteiger partial charge in [-0.05, 0) is 12.2 Å². The van der Waals surface area contributed by atoms with Gasteiger partial charge in [0.15, 0.2) is 0 Å². The van der Waals surface area contributed by atoms with Crippen LogP contribution in [-0.4, -0.2) is 16.8 Å². The number of hydrogen-bond acceptors (Lipinski definition) is 2. The van der Waals surface area contributed by atoms with Crippen LogP contribution in [0.4, 0.5) is 0 Å². The molecule has 0 bridgehead atoms. The Balaban J connectivity index is 2.11. The van der Waals surface area contributed by atoms with E-state index in [2.05, 4.69) is 0 Å². The molecule has 2 heteroatoms. The molecule has 0 aromatic carbocycles. The van der Waals surface area contributed by atoms with E-state index in [0.717, 1.165) is 17.8 Å². The molecule has 3 rings (SSSR count). The fourth-order valence-corrected chi connectivity index (χ4v) is 1.60. The second-order valence-corrected chi connectivity index (χ2v) is 3.29. The van der Waals surface area contributed by atoms with Gasteiger partial charge in [0.1, 0.15) is 17.5 Å². The van der Waals surface area contributed by atoms with Crippen molar-refractivity contribution in [2.75, 3.05) is 0 Å². The van der Waals surface area contributed by atoms with Crippen LogP contribution in [0.5, 0.6) is 0 Å². The first-order valence-electron chi connectivity index (χ1n) is 3.79. The largest absolute Gasteiger partial charge is 0.486 e. The van der Waals surface area contributed by atoms with Gasteiger partial charge < -0.3 is 9.84 Å². The van der Waals surface area contributed by atoms with Crippen LogP contribution in [0.15, 0.2) is 35.6 Å². The van der Waals surface area contributed by atoms with Gasteiger partial charge in [-0.1, -0.05) is 12.2 Å². The molecule has 2 atom stereocenters. The Hall–Kier alpha value is -1.02. The first-order chi connectivity index (χ1) is 5.28. The Morgan fingerprint density at radius 2 is 2.55 bits per heavy atom. The molecule has 11 heavy (non-hydrogen) atoms. The highest BCUT2D eigenvalue weighted by atomic mass is 16.5. The molecule has 1 N–H and O–H groups in total. The summed E-state index contributed by atoms with van der Waals surface area (Å²) in [6.07, 6.45) is 8.51. The lowest BCUT2D eigenvalue weighted by Crippen LogP contribution is -2.18. The summed E-state index contributed by atoms with van der Waals surface area (Å²) in [5, 5.41) is 9.63. The lowest BCUT2D eigenvalue weighted by atomic mass is 10.1. The van der Waals surface area contributed by atoms with E-state index >= 15 is 0 Å². The van der Waals surface area contributed by atoms with E-state index in [9.17, 15) is 5.11 Å². The van der Waals surface area contributed by atoms with Crippen molar-refractivity contribution in [1.29, 1.82) is 0 Å². The third-order valence-electron chi connectivity index (χ3n) is 2.39. The van der Waals surface area contributed by atoms with E-state index < -0.39 is 5.60 Å². The predicted molar refractivity (Wildman–Crippen MR) is 39.7 cm³/mol. The van der Waals surface area contributed by atoms with Crippen LogP contribution in [0.2, 0.25) is 0 Å². The van der Waals surface area contributed by atoms with Gasteiger partial charge in [-0.15, -0.1) is 0 Å². The average Bonchev–Trinajstić information content (AvgIpc) is 2.36. The zero-order chi connectivity index (χ0) is 7.47. The van der Waals surface area contributed by atoms with Gasteiger partial charge >= 0.3 is 0 Å². The molecule has 0 radical (unpaired) electrons. The minimum Gasteiger partial charge on any atom is -0.486 e. The van der Waals surface area contributed by atoms with Crippen LogP contribution in [0.25, 0.3) is 0 Å². The molecule has 2 nitrogen and oxygen atoms in total. The van der Waals surface area contributed by atoms with Gasteiger partial charge in [-0.2, -0.15) is 0 Å². The minimum atomic E-state index is -0.638. The third-order valence-corrected chi connectivity index (χ3v) is 2.39. The number of fused-ring (bicyclic) bond motifs is 2. The van der Waals surface area contributed by atoms with Crippen molar-refractivity contribution in [2.45, 2.75) is 18.1 Å². The third kappa shape index (κ3) is 0.601. The molecule has 1 heterocycles. The van der Waals surface area contributed by atoms with Crippen molar-refractivity contribution in [3.05, 3.63) is 35.6 Å². The maximum atomic E-state index is 9.63. The number of hydrogen-bond donors (Lipinski definition) is 1. The summed E-state index contributed by atoms with van der Waals surface area (Å²) < 4.78 is 5.47. The zero-order valence-electron chi connectivity index (χ0n) is 5.95. The van der Waals surface area contributed by atoms with Crippen LogP contribution in [-0.2, 0) is 4.74 Å². The van der Waals surface area contributed by atoms with E-state index in [1.54, 1.807) is 0 Å². The Bertz CT molecular complexity index is 312. The van der Waals surface area contributed by atoms with Gasteiger partial charge in [-0.3, -0.25) is 0 Å². The van der Waals surface area contributed by atoms with Crippen LogP contribution in [0, 0.1) is 0 Å². The van der Waals surface area contributed by atoms with Crippen molar-refractivity contribution in [2.24, 2.45) is 0 Å². The van der Waals surface area contributed by atoms with Gasteiger partial charge in [-0.25, -0.2) is 0 Å². The molecular formula is C9H8O2. The minimum absolute atomic E-state index is 0.0254. The fraction of sp³-hybridized carbons (Fsp3) is 0.333. The molecule has 1 aliphatic heterocycles. The van der Waals surface area contributed by atoms with E-state index in [0.29, 0.717) is 0 Å². The Morgan fingerprint density at radius 3 is 3.45 bits per heavy atom. The van der Waals surface area contributed by atoms with Gasteiger partial charge in [0.05, 0.1) is 0 Å². The van der Waals surface area contributed by atoms with Crippen LogP contribution >= 0.6 is 0 Å². The summed E-state index contributed by atoms with van der Waals surface area (Å²) >= 11 is 0. The summed E-state index contributed by atoms with van der Waals surface area (Å²) in [5.74, 6) is 0.914. The highest BCUT2D eigenvalue weighted by Crippen LogP contribution is 2.48. The standard InChI is InChI=1S/C9H8O2/c10-9-4-6-2-1-3-7(6)11-8(9)5-9/h1-4,8,10H,5H2. The normalized spacial score (nSPS) is 43.5. The number of rotatable bonds is 0. The van der Waals surface area contributed by atoms with Crippen molar-refractivity contribution in [3.8, 4) is 0 Å². The van der Waals surface area contributed by atoms with Crippen molar-refractivity contribution in [3.63, 3.8) is 0 Å². The maximum Gasteiger partial charge on any atom is 0.134 e. The summed E-state index contributed by atoms with van der Waals surface area (Å²) in [6.45, 7) is 0. The van der Waals surface area contributed by atoms with E-state index in [-0.39, 0.29) is 6.10 Å². The summed E-state index contributed by atoms with van der Waals surface area (Å²) in [5.41, 5.74) is 0.391. The number of allylic oxidation sites excluding steroid dienone is 3. The lowest BCUT2D eigenvalue weighted by Gasteiger charge is -2.16. The predicted octanol–water partition coefficient (Wildman–Crippen LogP) is 0.900. The van der Waals surface area contributed by atoms with Crippen molar-refractivity contribution in [1.82, 2.24) is 0 Å². The molecule has 2 unspecified atom stereocenters. The Kier molecular flexibility index (Phi) is 0.730. The molecule has 0 aromatic rings. The quantitative estimate of drug-likeness (QED) is 0.553. The van der Waals surface area contributed by atoms with Crippen LogP contribution in [0.3, 0.4) is 0 Å². The molecule has 1 fully saturated rings. The molecule has 0 amide bonds. The lowest BCUT2D eigenvalue weighted by molar-refractivity contribution is 0.0910. The van der Waals surface area contributed by atoms with Gasteiger partial charge in [0, 0.05) is 12.0 Å². The summed E-state index contributed by atoms with van der Waals surface area (Å²) in [7, 11) is 0. The molecule has 2 aliphatic carbocycles. The van der Waals surface area contributed by atoms with E-state index in [4.69, 9.17) is 4.74 Å². The zero-order valence-corrected chi connectivity index (χ0v) is 5.95. The topological polar surface area (TPSA) is 29.5 Å². The van der Waals surface area contributed by atoms with Gasteiger partial charge in [0.2, 0.25) is 0 Å². The summed E-state index contributed by atoms with van der Waals surface area (Å²) in [4.78, 5) is 0. The van der Waals surface area contributed by atoms with Crippen molar-refractivity contribution >= 4 is 0 Å². The fourth-order valence-electron chi connectivity index (χ4n) is 1.60. The molecule has 0 saturated heterocycles. The van der Waals surface area contributed by atoms with E-state index in [1.807, 2.05) is 24.3 Å². The smallest absolute Gasteiger partial charge is 0.134 e. The van der Waals surface area contributed by atoms with Crippen LogP contribution in [0.1, 0.15) is 6.42 Å². The molecule has 0 spiro atoms. The molecule has 0 aromatic heterocycles. The average molecular weight is 148 g/mol. The molecular weight excluding hydrogens is 140 g/mol. The molecule has 3 aliphatic rings. The highest BCUT2D eigenvalue weighted by Gasteiger charge is 2.56. The second-order valence-electron chi connectivity index (χ2n) is 3.29. The monoisotopic (exact) mass is 148 g/mol. The first-order valence-corrected chi connectivity index (χ1v) is 3.79. The van der Waals surface area contributed by atoms with Crippen LogP contribution < -0.4 is 0 Å². The Morgan fingerprint density at radius 1 is 1.64 bits per heavy atom. The molecule has 56 valence electrons. The molecule has 1 saturated carbocycles. The first kappa shape index (κ1) is 5.61. The second kappa shape index (κ2) is 1.43. The SMILES string of the molecule is OC12C=C3C=CC=C3OC1C2. The highest BCUT2D eigenvalue weighted by molar-refractivity contribution is 5.50. The maximum absolute atomic E-state index is 9.63. The van der Waals surface area contributed by atoms with Gasteiger partial charge in [0.25, 0.3) is 0 Å². The Labute approximate surface area is 64.5 Å². The number of aliphatic hydroxyl groups is 1. The van der Waals surface area contributed by atoms with E-state index in [1.165, 1.54) is 0 Å². The van der Waals surface area contributed by atoms with Crippen molar-refractivity contribution < 1.29 is 9.84 Å².